The van der Waals surface area contributed by atoms with Crippen molar-refractivity contribution in [1.82, 2.24) is 15.6 Å². The van der Waals surface area contributed by atoms with Crippen molar-refractivity contribution < 1.29 is 46.9 Å². The molecule has 228 valence electrons. The fourth-order valence-corrected chi connectivity index (χ4v) is 4.24. The second-order valence-corrected chi connectivity index (χ2v) is 10.4. The average molecular weight is 602 g/mol. The average Bonchev–Trinajstić information content (AvgIpc) is 3.44. The zero-order valence-corrected chi connectivity index (χ0v) is 23.4. The second kappa shape index (κ2) is 13.0. The minimum Gasteiger partial charge on any atom is -0.478 e. The molecule has 13 heteroatoms. The van der Waals surface area contributed by atoms with E-state index in [-0.39, 0.29) is 19.8 Å². The number of alkyl halides is 3. The quantitative estimate of drug-likeness (QED) is 0.197. The van der Waals surface area contributed by atoms with Crippen molar-refractivity contribution in [2.75, 3.05) is 13.4 Å². The van der Waals surface area contributed by atoms with E-state index < -0.39 is 35.5 Å². The molecule has 1 aromatic heterocycles. The highest BCUT2D eigenvalue weighted by Gasteiger charge is 2.42. The van der Waals surface area contributed by atoms with Gasteiger partial charge in [0.15, 0.2) is 11.5 Å². The number of pyridine rings is 1. The summed E-state index contributed by atoms with van der Waals surface area (Å²) in [5.74, 6) is -3.44. The first-order valence-electron chi connectivity index (χ1n) is 13.4. The summed E-state index contributed by atoms with van der Waals surface area (Å²) in [5, 5.41) is 12.4. The van der Waals surface area contributed by atoms with Crippen LogP contribution in [0.3, 0.4) is 0 Å². The van der Waals surface area contributed by atoms with Gasteiger partial charge in [-0.25, -0.2) is 9.78 Å². The van der Waals surface area contributed by atoms with Gasteiger partial charge in [-0.05, 0) is 48.6 Å². The Morgan fingerprint density at radius 2 is 1.60 bits per heavy atom. The fourth-order valence-electron chi connectivity index (χ4n) is 4.24. The van der Waals surface area contributed by atoms with Gasteiger partial charge in [0, 0.05) is 17.0 Å². The van der Waals surface area contributed by atoms with Gasteiger partial charge in [0.05, 0.1) is 12.3 Å². The molecule has 0 spiro atoms. The number of carboxylic acids is 1. The van der Waals surface area contributed by atoms with E-state index >= 15 is 0 Å². The summed E-state index contributed by atoms with van der Waals surface area (Å²) in [7, 11) is 0. The summed E-state index contributed by atoms with van der Waals surface area (Å²) >= 11 is 0. The molecule has 0 aliphatic carbocycles. The Hall–Kier alpha value is -4.81. The van der Waals surface area contributed by atoms with Crippen molar-refractivity contribution in [3.63, 3.8) is 0 Å². The van der Waals surface area contributed by atoms with Gasteiger partial charge in [0.1, 0.15) is 0 Å². The van der Waals surface area contributed by atoms with Gasteiger partial charge in [-0.3, -0.25) is 9.59 Å². The third-order valence-corrected chi connectivity index (χ3v) is 6.69. The van der Waals surface area contributed by atoms with Crippen LogP contribution >= 0.6 is 0 Å². The van der Waals surface area contributed by atoms with E-state index in [0.717, 1.165) is 16.7 Å². The molecule has 0 fully saturated rings. The number of fused-ring (bicyclic) bond motifs is 1. The van der Waals surface area contributed by atoms with Gasteiger partial charge in [0.2, 0.25) is 24.7 Å². The van der Waals surface area contributed by atoms with E-state index in [1.165, 1.54) is 19.2 Å². The lowest BCUT2D eigenvalue weighted by atomic mass is 9.86. The molecule has 3 N–H and O–H groups in total. The molecule has 0 radical (unpaired) electrons. The molecule has 2 aromatic carbocycles. The van der Waals surface area contributed by atoms with Crippen LogP contribution in [0.4, 0.5) is 13.2 Å². The van der Waals surface area contributed by atoms with Crippen molar-refractivity contribution >= 4 is 17.8 Å². The van der Waals surface area contributed by atoms with Gasteiger partial charge < -0.3 is 30.0 Å². The van der Waals surface area contributed by atoms with E-state index in [1.54, 1.807) is 0 Å². The molecule has 3 aromatic rings. The van der Waals surface area contributed by atoms with Crippen LogP contribution in [0.15, 0.2) is 60.7 Å². The number of aromatic nitrogens is 1. The zero-order valence-electron chi connectivity index (χ0n) is 23.4. The van der Waals surface area contributed by atoms with Gasteiger partial charge in [-0.15, -0.1) is 0 Å². The maximum absolute atomic E-state index is 12.6. The van der Waals surface area contributed by atoms with Crippen molar-refractivity contribution in [1.29, 1.82) is 0 Å². The zero-order chi connectivity index (χ0) is 31.2. The molecule has 1 aliphatic heterocycles. The predicted octanol–water partition coefficient (Wildman–Crippen LogP) is 4.93. The standard InChI is InChI=1S/C30H30F3N3O7/c1-29(2,27(39)35-25(26(37)38)36-28(40)30(31,32)33)12-6-7-13-41-24-16-20(14-21(34-24)18-8-4-3-5-9-18)19-10-11-22-23(15-19)43-17-42-22/h3-5,8-11,14-16,25H,6-7,12-13,17H2,1-2H3,(H,35,39)(H,36,40)(H,37,38)/t25-/m0/s1. The summed E-state index contributed by atoms with van der Waals surface area (Å²) in [4.78, 5) is 39.7. The molecule has 10 nitrogen and oxygen atoms in total. The molecular formula is C30H30F3N3O7. The first-order valence-corrected chi connectivity index (χ1v) is 13.4. The van der Waals surface area contributed by atoms with Gasteiger partial charge >= 0.3 is 18.1 Å². The van der Waals surface area contributed by atoms with E-state index in [4.69, 9.17) is 19.3 Å². The summed E-state index contributed by atoms with van der Waals surface area (Å²) in [6.07, 6.45) is -6.29. The summed E-state index contributed by atoms with van der Waals surface area (Å²) < 4.78 is 54.5. The molecule has 1 atom stereocenters. The first kappa shape index (κ1) is 31.1. The molecule has 1 aliphatic rings. The lowest BCUT2D eigenvalue weighted by Crippen LogP contribution is -2.57. The molecule has 2 heterocycles. The van der Waals surface area contributed by atoms with Crippen LogP contribution in [0, 0.1) is 5.41 Å². The number of hydrogen-bond acceptors (Lipinski definition) is 7. The van der Waals surface area contributed by atoms with Crippen LogP contribution in [0.25, 0.3) is 22.4 Å². The Morgan fingerprint density at radius 1 is 0.907 bits per heavy atom. The highest BCUT2D eigenvalue weighted by molar-refractivity contribution is 5.91. The number of rotatable bonds is 12. The highest BCUT2D eigenvalue weighted by Crippen LogP contribution is 2.37. The lowest BCUT2D eigenvalue weighted by Gasteiger charge is -2.26. The van der Waals surface area contributed by atoms with E-state index in [1.807, 2.05) is 66.0 Å². The molecule has 0 saturated heterocycles. The van der Waals surface area contributed by atoms with Crippen LogP contribution < -0.4 is 24.8 Å². The Labute approximate surface area is 245 Å². The molecular weight excluding hydrogens is 571 g/mol. The Kier molecular flexibility index (Phi) is 9.42. The van der Waals surface area contributed by atoms with Crippen molar-refractivity contribution in [3.05, 3.63) is 60.7 Å². The predicted molar refractivity (Wildman–Crippen MR) is 148 cm³/mol. The number of carbonyl (C=O) groups excluding carboxylic acids is 2. The molecule has 0 unspecified atom stereocenters. The second-order valence-electron chi connectivity index (χ2n) is 10.4. The van der Waals surface area contributed by atoms with E-state index in [9.17, 15) is 27.6 Å². The normalized spacial score (nSPS) is 13.2. The number of carbonyl (C=O) groups is 3. The van der Waals surface area contributed by atoms with Gasteiger partial charge in [0.25, 0.3) is 0 Å². The smallest absolute Gasteiger partial charge is 0.471 e. The van der Waals surface area contributed by atoms with Gasteiger partial charge in [-0.1, -0.05) is 50.2 Å². The van der Waals surface area contributed by atoms with Crippen LogP contribution in [0.1, 0.15) is 33.1 Å². The highest BCUT2D eigenvalue weighted by atomic mass is 19.4. The Bertz CT molecular complexity index is 1480. The van der Waals surface area contributed by atoms with Crippen molar-refractivity contribution in [2.24, 2.45) is 5.41 Å². The Balaban J connectivity index is 1.37. The number of ether oxygens (including phenoxy) is 3. The van der Waals surface area contributed by atoms with Crippen LogP contribution in [0.5, 0.6) is 17.4 Å². The molecule has 43 heavy (non-hydrogen) atoms. The number of hydrogen-bond donors (Lipinski definition) is 3. The minimum absolute atomic E-state index is 0.159. The van der Waals surface area contributed by atoms with E-state index in [0.29, 0.717) is 35.9 Å². The van der Waals surface area contributed by atoms with Crippen LogP contribution in [0.2, 0.25) is 0 Å². The number of amides is 2. The Morgan fingerprint density at radius 3 is 2.30 bits per heavy atom. The fraction of sp³-hybridized carbons (Fsp3) is 0.333. The van der Waals surface area contributed by atoms with Crippen molar-refractivity contribution in [3.8, 4) is 39.8 Å². The number of carboxylic acid groups (broad SMARTS) is 1. The summed E-state index contributed by atoms with van der Waals surface area (Å²) in [6.45, 7) is 3.46. The number of halogens is 3. The number of benzene rings is 2. The third-order valence-electron chi connectivity index (χ3n) is 6.69. The first-order chi connectivity index (χ1) is 20.3. The number of unbranched alkanes of at least 4 members (excludes halogenated alkanes) is 1. The number of nitrogens with one attached hydrogen (secondary N) is 2. The molecule has 2 amide bonds. The maximum Gasteiger partial charge on any atom is 0.471 e. The topological polar surface area (TPSA) is 136 Å². The summed E-state index contributed by atoms with van der Waals surface area (Å²) in [6, 6.07) is 19.0. The molecule has 0 saturated carbocycles. The maximum atomic E-state index is 12.6. The lowest BCUT2D eigenvalue weighted by molar-refractivity contribution is -0.176. The largest absolute Gasteiger partial charge is 0.478 e. The third kappa shape index (κ3) is 8.15. The summed E-state index contributed by atoms with van der Waals surface area (Å²) in [5.41, 5.74) is 2.19. The van der Waals surface area contributed by atoms with Crippen molar-refractivity contribution in [2.45, 2.75) is 45.5 Å². The minimum atomic E-state index is -5.30. The SMILES string of the molecule is CC(C)(CCCCOc1cc(-c2ccc3c(c2)OCO3)cc(-c2ccccc2)n1)C(=O)N[C@@H](NC(=O)C(F)(F)F)C(=O)O. The van der Waals surface area contributed by atoms with Gasteiger partial charge in [-0.2, -0.15) is 13.2 Å². The molecule has 4 rings (SSSR count). The van der Waals surface area contributed by atoms with E-state index in [2.05, 4.69) is 4.98 Å². The number of aliphatic carboxylic acids is 1. The number of nitrogens with zero attached hydrogens (tertiary/aromatic N) is 1. The molecule has 0 bridgehead atoms. The van der Waals surface area contributed by atoms with Crippen LogP contribution in [-0.2, 0) is 14.4 Å². The van der Waals surface area contributed by atoms with Crippen LogP contribution in [-0.4, -0.2) is 53.6 Å². The monoisotopic (exact) mass is 601 g/mol.